The number of hydrogen-bond acceptors (Lipinski definition) is 8. The predicted molar refractivity (Wildman–Crippen MR) is 129 cm³/mol. The molecule has 8 nitrogen and oxygen atoms in total. The molecule has 33 heavy (non-hydrogen) atoms. The lowest BCUT2D eigenvalue weighted by Gasteiger charge is -2.12. The van der Waals surface area contributed by atoms with Crippen molar-refractivity contribution in [1.82, 2.24) is 4.98 Å². The number of benzene rings is 3. The van der Waals surface area contributed by atoms with E-state index < -0.39 is 4.92 Å². The quantitative estimate of drug-likeness (QED) is 0.194. The number of hydrogen-bond donors (Lipinski definition) is 1. The lowest BCUT2D eigenvalue weighted by atomic mass is 10.1. The molecule has 0 saturated heterocycles. The van der Waals surface area contributed by atoms with Crippen LogP contribution in [-0.4, -0.2) is 23.2 Å². The summed E-state index contributed by atoms with van der Waals surface area (Å²) < 4.78 is 11.2. The average Bonchev–Trinajstić information content (AvgIpc) is 3.32. The number of aromatic nitrogens is 1. The number of ether oxygens (including phenoxy) is 2. The average molecular weight is 461 g/mol. The standard InChI is InChI=1S/C24H20N4O4S/c1-31-22-13-21(28(29)30)19(12-23(22)32-15-17-8-4-2-5-9-17)14-25-27-24-26-20(16-33-24)18-10-6-3-7-11-18/h2-14,16H,15H2,1H3,(H,26,27). The van der Waals surface area contributed by atoms with Gasteiger partial charge >= 0.3 is 0 Å². The lowest BCUT2D eigenvalue weighted by Crippen LogP contribution is -2.02. The number of rotatable bonds is 9. The molecule has 0 aliphatic rings. The number of anilines is 1. The summed E-state index contributed by atoms with van der Waals surface area (Å²) >= 11 is 1.39. The fraction of sp³-hybridized carbons (Fsp3) is 0.0833. The molecule has 1 N–H and O–H groups in total. The van der Waals surface area contributed by atoms with Crippen LogP contribution in [0.5, 0.6) is 11.5 Å². The Hall–Kier alpha value is -4.24. The number of hydrazone groups is 1. The minimum atomic E-state index is -0.484. The van der Waals surface area contributed by atoms with Crippen LogP contribution in [0.4, 0.5) is 10.8 Å². The highest BCUT2D eigenvalue weighted by atomic mass is 32.1. The molecular formula is C24H20N4O4S. The molecule has 3 aromatic carbocycles. The summed E-state index contributed by atoms with van der Waals surface area (Å²) in [7, 11) is 1.44. The summed E-state index contributed by atoms with van der Waals surface area (Å²) in [4.78, 5) is 15.6. The predicted octanol–water partition coefficient (Wildman–Crippen LogP) is 5.75. The Balaban J connectivity index is 1.53. The maximum atomic E-state index is 11.6. The van der Waals surface area contributed by atoms with Crippen molar-refractivity contribution in [2.24, 2.45) is 5.10 Å². The second-order valence-corrected chi connectivity index (χ2v) is 7.73. The molecule has 1 aromatic heterocycles. The number of nitro benzene ring substituents is 1. The van der Waals surface area contributed by atoms with Gasteiger partial charge in [0.1, 0.15) is 6.61 Å². The first-order chi connectivity index (χ1) is 16.1. The van der Waals surface area contributed by atoms with E-state index in [-0.39, 0.29) is 17.0 Å². The van der Waals surface area contributed by atoms with Gasteiger partial charge in [-0.05, 0) is 11.6 Å². The molecule has 0 bridgehead atoms. The van der Waals surface area contributed by atoms with Gasteiger partial charge in [0.25, 0.3) is 5.69 Å². The Bertz CT molecular complexity index is 1260. The highest BCUT2D eigenvalue weighted by Gasteiger charge is 2.19. The zero-order valence-corrected chi connectivity index (χ0v) is 18.5. The Morgan fingerprint density at radius 2 is 1.82 bits per heavy atom. The molecule has 0 aliphatic heterocycles. The van der Waals surface area contributed by atoms with E-state index in [1.165, 1.54) is 30.7 Å². The molecule has 4 rings (SSSR count). The molecule has 1 heterocycles. The third-order valence-electron chi connectivity index (χ3n) is 4.68. The summed E-state index contributed by atoms with van der Waals surface area (Å²) in [5.74, 6) is 0.657. The van der Waals surface area contributed by atoms with Crippen molar-refractivity contribution in [3.63, 3.8) is 0 Å². The van der Waals surface area contributed by atoms with Crippen molar-refractivity contribution in [1.29, 1.82) is 0 Å². The van der Waals surface area contributed by atoms with Gasteiger partial charge < -0.3 is 9.47 Å². The highest BCUT2D eigenvalue weighted by Crippen LogP contribution is 2.34. The first-order valence-electron chi connectivity index (χ1n) is 9.97. The fourth-order valence-corrected chi connectivity index (χ4v) is 3.73. The van der Waals surface area contributed by atoms with Crippen molar-refractivity contribution in [3.8, 4) is 22.8 Å². The molecule has 0 atom stereocenters. The number of thiazole rings is 1. The first-order valence-corrected chi connectivity index (χ1v) is 10.8. The van der Waals surface area contributed by atoms with Crippen LogP contribution in [0, 0.1) is 10.1 Å². The molecule has 0 fully saturated rings. The molecule has 9 heteroatoms. The third kappa shape index (κ3) is 5.52. The van der Waals surface area contributed by atoms with Crippen LogP contribution >= 0.6 is 11.3 Å². The van der Waals surface area contributed by atoms with E-state index in [0.717, 1.165) is 16.8 Å². The topological polar surface area (TPSA) is 98.9 Å². The number of nitro groups is 1. The molecule has 0 radical (unpaired) electrons. The minimum Gasteiger partial charge on any atom is -0.493 e. The summed E-state index contributed by atoms with van der Waals surface area (Å²) in [6.45, 7) is 0.297. The van der Waals surface area contributed by atoms with Crippen molar-refractivity contribution in [3.05, 3.63) is 99.4 Å². The monoisotopic (exact) mass is 460 g/mol. The van der Waals surface area contributed by atoms with E-state index in [2.05, 4.69) is 15.5 Å². The van der Waals surface area contributed by atoms with Gasteiger partial charge in [-0.2, -0.15) is 5.10 Å². The van der Waals surface area contributed by atoms with Crippen molar-refractivity contribution in [2.45, 2.75) is 6.61 Å². The zero-order valence-electron chi connectivity index (χ0n) is 17.7. The van der Waals surface area contributed by atoms with Crippen molar-refractivity contribution >= 4 is 28.4 Å². The van der Waals surface area contributed by atoms with Crippen molar-refractivity contribution < 1.29 is 14.4 Å². The van der Waals surface area contributed by atoms with Crippen LogP contribution < -0.4 is 14.9 Å². The van der Waals surface area contributed by atoms with E-state index in [1.807, 2.05) is 66.0 Å². The highest BCUT2D eigenvalue weighted by molar-refractivity contribution is 7.14. The maximum absolute atomic E-state index is 11.6. The van der Waals surface area contributed by atoms with E-state index in [4.69, 9.17) is 9.47 Å². The number of nitrogens with zero attached hydrogens (tertiary/aromatic N) is 3. The summed E-state index contributed by atoms with van der Waals surface area (Å²) in [5.41, 5.74) is 5.75. The van der Waals surface area contributed by atoms with Crippen LogP contribution in [-0.2, 0) is 6.61 Å². The largest absolute Gasteiger partial charge is 0.493 e. The SMILES string of the molecule is COc1cc([N+](=O)[O-])c(C=NNc2nc(-c3ccccc3)cs2)cc1OCc1ccccc1. The smallest absolute Gasteiger partial charge is 0.282 e. The maximum Gasteiger partial charge on any atom is 0.282 e. The van der Waals surface area contributed by atoms with Gasteiger partial charge in [-0.15, -0.1) is 11.3 Å². The number of methoxy groups -OCH3 is 1. The molecule has 0 spiro atoms. The van der Waals surface area contributed by atoms with Crippen molar-refractivity contribution in [2.75, 3.05) is 12.5 Å². The second kappa shape index (κ2) is 10.4. The van der Waals surface area contributed by atoms with Crippen LogP contribution in [0.3, 0.4) is 0 Å². The summed E-state index contributed by atoms with van der Waals surface area (Å²) in [6.07, 6.45) is 1.37. The second-order valence-electron chi connectivity index (χ2n) is 6.87. The molecular weight excluding hydrogens is 440 g/mol. The molecule has 0 unspecified atom stereocenters. The molecule has 166 valence electrons. The van der Waals surface area contributed by atoms with Gasteiger partial charge in [0.05, 0.1) is 35.6 Å². The van der Waals surface area contributed by atoms with E-state index in [0.29, 0.717) is 17.5 Å². The van der Waals surface area contributed by atoms with Gasteiger partial charge in [-0.25, -0.2) is 4.98 Å². The Morgan fingerprint density at radius 1 is 1.09 bits per heavy atom. The van der Waals surface area contributed by atoms with Gasteiger partial charge in [0.15, 0.2) is 11.5 Å². The summed E-state index contributed by atoms with van der Waals surface area (Å²) in [5, 5.41) is 18.2. The normalized spacial score (nSPS) is 10.8. The number of nitrogens with one attached hydrogen (secondary N) is 1. The van der Waals surface area contributed by atoms with Crippen LogP contribution in [0.15, 0.2) is 83.3 Å². The van der Waals surface area contributed by atoms with Crippen LogP contribution in [0.1, 0.15) is 11.1 Å². The zero-order chi connectivity index (χ0) is 23.0. The van der Waals surface area contributed by atoms with Gasteiger partial charge in [-0.3, -0.25) is 15.5 Å². The van der Waals surface area contributed by atoms with Crippen LogP contribution in [0.25, 0.3) is 11.3 Å². The molecule has 0 aliphatic carbocycles. The molecule has 4 aromatic rings. The lowest BCUT2D eigenvalue weighted by molar-refractivity contribution is -0.385. The Labute approximate surface area is 194 Å². The van der Waals surface area contributed by atoms with Gasteiger partial charge in [0.2, 0.25) is 5.13 Å². The van der Waals surface area contributed by atoms with Gasteiger partial charge in [0, 0.05) is 10.9 Å². The van der Waals surface area contributed by atoms with E-state index in [9.17, 15) is 10.1 Å². The first kappa shape index (κ1) is 22.0. The molecule has 0 saturated carbocycles. The summed E-state index contributed by atoms with van der Waals surface area (Å²) in [6, 6.07) is 22.3. The Morgan fingerprint density at radius 3 is 2.52 bits per heavy atom. The van der Waals surface area contributed by atoms with E-state index in [1.54, 1.807) is 6.07 Å². The minimum absolute atomic E-state index is 0.145. The third-order valence-corrected chi connectivity index (χ3v) is 5.43. The molecule has 0 amide bonds. The Kier molecular flexibility index (Phi) is 6.91. The van der Waals surface area contributed by atoms with E-state index >= 15 is 0 Å². The fourth-order valence-electron chi connectivity index (χ4n) is 3.06. The van der Waals surface area contributed by atoms with Gasteiger partial charge in [-0.1, -0.05) is 60.7 Å². The van der Waals surface area contributed by atoms with Crippen LogP contribution in [0.2, 0.25) is 0 Å².